The molecule has 1 saturated heterocycles. The van der Waals surface area contributed by atoms with Gasteiger partial charge in [-0.05, 0) is 6.42 Å². The first-order valence-corrected chi connectivity index (χ1v) is 27.0. The van der Waals surface area contributed by atoms with Gasteiger partial charge < -0.3 is 55.4 Å². The van der Waals surface area contributed by atoms with Crippen molar-refractivity contribution in [1.82, 2.24) is 30.2 Å². The summed E-state index contributed by atoms with van der Waals surface area (Å²) in [5.74, 6) is -1.12. The number of nitrogen functional groups attached to an aromatic ring is 1. The summed E-state index contributed by atoms with van der Waals surface area (Å²) < 4.78 is 61.9. The fourth-order valence-corrected chi connectivity index (χ4v) is 10.5. The number of aliphatic hydroxyl groups excluding tert-OH is 2. The van der Waals surface area contributed by atoms with Crippen LogP contribution in [0, 0.1) is 5.41 Å². The van der Waals surface area contributed by atoms with Crippen LogP contribution in [0.5, 0.6) is 0 Å². The Labute approximate surface area is 411 Å². The van der Waals surface area contributed by atoms with Gasteiger partial charge in [0.05, 0.1) is 24.4 Å². The third-order valence-electron chi connectivity index (χ3n) is 9.80. The number of phosphoric ester groups is 3. The van der Waals surface area contributed by atoms with Crippen molar-refractivity contribution in [2.45, 2.75) is 133 Å². The number of nitrogens with one attached hydrogen (secondary N) is 2. The van der Waals surface area contributed by atoms with Crippen LogP contribution in [0.2, 0.25) is 0 Å². The van der Waals surface area contributed by atoms with Crippen molar-refractivity contribution in [3.8, 4) is 0 Å². The molecule has 0 aliphatic carbocycles. The van der Waals surface area contributed by atoms with E-state index in [9.17, 15) is 57.9 Å². The fraction of sp³-hybridized carbons (Fsp3) is 0.771. The number of nitrogens with two attached hydrogens (primary N) is 1. The van der Waals surface area contributed by atoms with Crippen LogP contribution in [0.25, 0.3) is 11.2 Å². The van der Waals surface area contributed by atoms with Crippen LogP contribution < -0.4 is 50.8 Å². The summed E-state index contributed by atoms with van der Waals surface area (Å²) in [6.45, 7) is 2.57. The second kappa shape index (κ2) is 28.6. The first-order chi connectivity index (χ1) is 30.0. The van der Waals surface area contributed by atoms with E-state index in [2.05, 4.69) is 61.8 Å². The molecule has 7 unspecified atom stereocenters. The number of phosphoric acid groups is 3. The molecule has 30 heteroatoms. The third-order valence-corrected chi connectivity index (χ3v) is 15.0. The molecule has 3 rings (SSSR count). The Morgan fingerprint density at radius 1 is 1.00 bits per heavy atom. The molecule has 0 aromatic carbocycles. The number of ether oxygens (including phenoxy) is 1. The average Bonchev–Trinajstić information content (AvgIpc) is 3.78. The summed E-state index contributed by atoms with van der Waals surface area (Å²) in [4.78, 5) is 90.5. The van der Waals surface area contributed by atoms with E-state index in [1.54, 1.807) is 0 Å². The number of amides is 2. The molecule has 3 heterocycles. The fourth-order valence-electron chi connectivity index (χ4n) is 6.29. The van der Waals surface area contributed by atoms with Gasteiger partial charge in [-0.2, -0.15) is 0 Å². The number of hydrogen-bond donors (Lipinski definition) is 8. The van der Waals surface area contributed by atoms with Crippen LogP contribution in [0.15, 0.2) is 12.7 Å². The zero-order chi connectivity index (χ0) is 47.7. The molecular weight excluding hydrogens is 1020 g/mol. The molecule has 9 N–H and O–H groups in total. The summed E-state index contributed by atoms with van der Waals surface area (Å²) in [6, 6.07) is 0. The molecule has 2 amide bonds. The number of alkyl halides is 1. The summed E-state index contributed by atoms with van der Waals surface area (Å²) in [7, 11) is -16.7. The summed E-state index contributed by atoms with van der Waals surface area (Å²) in [6.07, 6.45) is 5.79. The predicted octanol–water partition coefficient (Wildman–Crippen LogP) is 0.111. The number of halogens is 1. The molecule has 2 aromatic heterocycles. The molecule has 1 aliphatic rings. The Morgan fingerprint density at radius 3 is 2.26 bits per heavy atom. The zero-order valence-corrected chi connectivity index (χ0v) is 43.9. The average molecular weight is 1080 g/mol. The van der Waals surface area contributed by atoms with Crippen molar-refractivity contribution in [1.29, 1.82) is 0 Å². The van der Waals surface area contributed by atoms with Gasteiger partial charge in [-0.25, -0.2) is 28.4 Å². The molecule has 366 valence electrons. The molecule has 24 nitrogen and oxygen atoms in total. The number of hydrogen-bond acceptors (Lipinski definition) is 19. The van der Waals surface area contributed by atoms with Crippen molar-refractivity contribution in [3.63, 3.8) is 0 Å². The van der Waals surface area contributed by atoms with Gasteiger partial charge in [0, 0.05) is 30.7 Å². The molecule has 0 saturated carbocycles. The number of carbonyl (C=O) groups is 3. The van der Waals surface area contributed by atoms with Crippen LogP contribution in [-0.2, 0) is 50.7 Å². The van der Waals surface area contributed by atoms with Gasteiger partial charge in [-0.1, -0.05) is 113 Å². The summed E-state index contributed by atoms with van der Waals surface area (Å²) >= 11 is 4.57. The van der Waals surface area contributed by atoms with Crippen LogP contribution in [0.1, 0.15) is 104 Å². The maximum atomic E-state index is 12.7. The minimum Gasteiger partial charge on any atom is -0.756 e. The minimum absolute atomic E-state index is 0. The largest absolute Gasteiger partial charge is 1.00 e. The van der Waals surface area contributed by atoms with Gasteiger partial charge >= 0.3 is 45.2 Å². The molecule has 1 fully saturated rings. The number of unbranched alkanes of at least 4 members (excludes halogenated alkanes) is 9. The maximum absolute atomic E-state index is 12.7. The number of aromatic nitrogens is 4. The van der Waals surface area contributed by atoms with Gasteiger partial charge in [0.2, 0.25) is 16.9 Å². The molecule has 0 bridgehead atoms. The van der Waals surface area contributed by atoms with Gasteiger partial charge in [-0.3, -0.25) is 32.6 Å². The number of rotatable bonds is 31. The van der Waals surface area contributed by atoms with E-state index in [-0.39, 0.29) is 76.0 Å². The van der Waals surface area contributed by atoms with Crippen molar-refractivity contribution in [2.75, 3.05) is 37.8 Å². The van der Waals surface area contributed by atoms with Crippen molar-refractivity contribution >= 4 is 85.1 Å². The monoisotopic (exact) mass is 1080 g/mol. The number of anilines is 1. The van der Waals surface area contributed by atoms with Gasteiger partial charge in [0.15, 0.2) is 17.7 Å². The normalized spacial score (nSPS) is 20.6. The molecule has 65 heavy (non-hydrogen) atoms. The van der Waals surface area contributed by atoms with Crippen LogP contribution in [0.3, 0.4) is 0 Å². The standard InChI is InChI=1S/C35H61BrN7O17P3S.Na/c1-4-5-6-7-8-9-10-11-12-13-14-23(36)34(48)64-18-17-38-25(44)15-16-39-32(47)29(46)35(2,3)20-57-63(54,55)60-62(52,53)56-19-24-28(59-61(49,50)51)27(45)33(58-24)43-22-42-26-30(37)40-21-41-31(26)43;/h21-24,27-29,33,45-46H,4-20H2,1-3H3,(H,38,44)(H,39,47)(H,52,53)(H,54,55)(H2,37,40,41)(H2,49,50,51);/q;+1/p-1/t23?,24?,27?,28?,29-,33?;/m1./s1. The van der Waals surface area contributed by atoms with Gasteiger partial charge in [0.25, 0.3) is 7.82 Å². The Kier molecular flexibility index (Phi) is 26.5. The smallest absolute Gasteiger partial charge is 0.756 e. The van der Waals surface area contributed by atoms with E-state index in [0.717, 1.165) is 54.7 Å². The first kappa shape index (κ1) is 60.2. The number of aliphatic hydroxyl groups is 2. The van der Waals surface area contributed by atoms with E-state index >= 15 is 0 Å². The number of imidazole rings is 1. The molecular formula is C35H60BrN7NaO17P3S. The second-order valence-electron chi connectivity index (χ2n) is 15.7. The molecule has 0 spiro atoms. The van der Waals surface area contributed by atoms with Gasteiger partial charge in [0.1, 0.15) is 36.3 Å². The first-order valence-electron chi connectivity index (χ1n) is 20.6. The van der Waals surface area contributed by atoms with Crippen molar-refractivity contribution in [3.05, 3.63) is 12.7 Å². The maximum Gasteiger partial charge on any atom is 1.00 e. The van der Waals surface area contributed by atoms with E-state index in [0.29, 0.717) is 5.75 Å². The predicted molar refractivity (Wildman–Crippen MR) is 234 cm³/mol. The van der Waals surface area contributed by atoms with Crippen LogP contribution in [0.4, 0.5) is 5.82 Å². The molecule has 0 radical (unpaired) electrons. The van der Waals surface area contributed by atoms with Gasteiger partial charge in [-0.15, -0.1) is 0 Å². The molecule has 2 aromatic rings. The zero-order valence-electron chi connectivity index (χ0n) is 36.8. The SMILES string of the molecule is CCCCCCCCCCCCC(Br)C(=O)SCCNC(=O)CCNC(=O)[C@@H](O)C(C)(C)COP(=O)([O-])OP(=O)(O)OCC1OC(n2cnc3c(N)ncnc32)C(O)C1OP(=O)(O)O.[Na+]. The number of fused-ring (bicyclic) bond motifs is 1. The Morgan fingerprint density at radius 2 is 1.63 bits per heavy atom. The van der Waals surface area contributed by atoms with E-state index < -0.39 is 84.6 Å². The van der Waals surface area contributed by atoms with Crippen LogP contribution >= 0.6 is 51.2 Å². The summed E-state index contributed by atoms with van der Waals surface area (Å²) in [5, 5.41) is 26.5. The third kappa shape index (κ3) is 21.3. The second-order valence-corrected chi connectivity index (χ2v) is 22.1. The molecule has 8 atom stereocenters. The summed E-state index contributed by atoms with van der Waals surface area (Å²) in [5.41, 5.74) is 4.22. The Hall–Kier alpha value is -0.960. The Balaban J connectivity index is 0.0000145. The topological polar surface area (TPSA) is 366 Å². The van der Waals surface area contributed by atoms with E-state index in [1.165, 1.54) is 58.8 Å². The van der Waals surface area contributed by atoms with E-state index in [4.69, 9.17) is 15.0 Å². The number of thioether (sulfide) groups is 1. The Bertz CT molecular complexity index is 1970. The van der Waals surface area contributed by atoms with Crippen LogP contribution in [-0.4, -0.2) is 123 Å². The minimum atomic E-state index is -5.75. The molecule has 1 aliphatic heterocycles. The van der Waals surface area contributed by atoms with Crippen molar-refractivity contribution < 1.29 is 110 Å². The van der Waals surface area contributed by atoms with Crippen molar-refractivity contribution in [2.24, 2.45) is 5.41 Å². The van der Waals surface area contributed by atoms with E-state index in [1.807, 2.05) is 0 Å². The number of carbonyl (C=O) groups excluding carboxylic acids is 3. The number of nitrogens with zero attached hydrogens (tertiary/aromatic N) is 4. The quantitative estimate of drug-likeness (QED) is 0.0215.